The predicted molar refractivity (Wildman–Crippen MR) is 74.7 cm³/mol. The van der Waals surface area contributed by atoms with Gasteiger partial charge in [0.25, 0.3) is 5.91 Å². The highest BCUT2D eigenvalue weighted by Gasteiger charge is 2.42. The summed E-state index contributed by atoms with van der Waals surface area (Å²) < 4.78 is 0. The molecule has 0 unspecified atom stereocenters. The van der Waals surface area contributed by atoms with Gasteiger partial charge in [-0.2, -0.15) is 0 Å². The first-order valence-electron chi connectivity index (χ1n) is 6.20. The Bertz CT molecular complexity index is 487. The first-order valence-corrected chi connectivity index (χ1v) is 6.58. The quantitative estimate of drug-likeness (QED) is 0.800. The predicted octanol–water partition coefficient (Wildman–Crippen LogP) is 1.30. The van der Waals surface area contributed by atoms with Crippen molar-refractivity contribution < 1.29 is 9.90 Å². The summed E-state index contributed by atoms with van der Waals surface area (Å²) in [5, 5.41) is 12.3. The van der Waals surface area contributed by atoms with Crippen molar-refractivity contribution in [2.24, 2.45) is 5.41 Å². The third-order valence-corrected chi connectivity index (χ3v) is 3.61. The number of rotatable bonds is 5. The highest BCUT2D eigenvalue weighted by molar-refractivity contribution is 6.29. The number of amides is 1. The number of aromatic nitrogens is 1. The van der Waals surface area contributed by atoms with E-state index >= 15 is 0 Å². The van der Waals surface area contributed by atoms with Gasteiger partial charge in [-0.05, 0) is 25.0 Å². The number of anilines is 1. The van der Waals surface area contributed by atoms with Crippen LogP contribution >= 0.6 is 11.6 Å². The lowest BCUT2D eigenvalue weighted by atomic mass is 10.1. The van der Waals surface area contributed by atoms with E-state index in [0.29, 0.717) is 23.1 Å². The summed E-state index contributed by atoms with van der Waals surface area (Å²) in [6.07, 6.45) is 1.92. The molecule has 0 atom stereocenters. The third kappa shape index (κ3) is 3.36. The molecule has 0 aliphatic heterocycles. The summed E-state index contributed by atoms with van der Waals surface area (Å²) in [6, 6.07) is 3.24. The number of hydrogen-bond donors (Lipinski definition) is 2. The first-order chi connectivity index (χ1) is 8.96. The van der Waals surface area contributed by atoms with Crippen LogP contribution in [0.3, 0.4) is 0 Å². The molecule has 1 aliphatic rings. The number of halogens is 1. The van der Waals surface area contributed by atoms with Gasteiger partial charge in [0.15, 0.2) is 0 Å². The molecule has 104 valence electrons. The molecule has 19 heavy (non-hydrogen) atoms. The Balaban J connectivity index is 2.06. The van der Waals surface area contributed by atoms with Gasteiger partial charge in [0.1, 0.15) is 11.0 Å². The number of pyridine rings is 1. The lowest BCUT2D eigenvalue weighted by Gasteiger charge is -2.15. The Labute approximate surface area is 117 Å². The van der Waals surface area contributed by atoms with E-state index in [1.54, 1.807) is 17.0 Å². The fourth-order valence-electron chi connectivity index (χ4n) is 1.78. The topological polar surface area (TPSA) is 65.5 Å². The lowest BCUT2D eigenvalue weighted by Crippen LogP contribution is -2.32. The first kappa shape index (κ1) is 14.1. The van der Waals surface area contributed by atoms with E-state index in [9.17, 15) is 9.90 Å². The fourth-order valence-corrected chi connectivity index (χ4v) is 1.98. The molecule has 2 rings (SSSR count). The van der Waals surface area contributed by atoms with Gasteiger partial charge in [-0.1, -0.05) is 11.6 Å². The van der Waals surface area contributed by atoms with Crippen molar-refractivity contribution in [3.8, 4) is 0 Å². The minimum Gasteiger partial charge on any atom is -0.396 e. The summed E-state index contributed by atoms with van der Waals surface area (Å²) in [7, 11) is 3.68. The van der Waals surface area contributed by atoms with Crippen molar-refractivity contribution >= 4 is 23.3 Å². The second-order valence-electron chi connectivity index (χ2n) is 5.27. The number of nitrogens with one attached hydrogen (secondary N) is 1. The molecule has 1 fully saturated rings. The van der Waals surface area contributed by atoms with E-state index in [2.05, 4.69) is 10.3 Å². The molecule has 0 radical (unpaired) electrons. The molecule has 1 aromatic rings. The minimum atomic E-state index is -0.188. The zero-order valence-electron chi connectivity index (χ0n) is 11.1. The van der Waals surface area contributed by atoms with Crippen LogP contribution in [0.5, 0.6) is 0 Å². The van der Waals surface area contributed by atoms with Crippen molar-refractivity contribution in [1.82, 2.24) is 10.3 Å². The van der Waals surface area contributed by atoms with Gasteiger partial charge in [-0.25, -0.2) is 4.98 Å². The summed E-state index contributed by atoms with van der Waals surface area (Å²) in [5.74, 6) is 0.452. The monoisotopic (exact) mass is 283 g/mol. The van der Waals surface area contributed by atoms with Crippen LogP contribution in [0.4, 0.5) is 5.82 Å². The number of carbonyl (C=O) groups excluding carboxylic acids is 1. The highest BCUT2D eigenvalue weighted by atomic mass is 35.5. The standard InChI is InChI=1S/C13H18ClN3O2/c1-17(2)11-6-9(5-10(14)16-11)12(19)15-7-13(8-18)3-4-13/h5-6,18H,3-4,7-8H2,1-2H3,(H,15,19). The second kappa shape index (κ2) is 5.35. The molecule has 0 spiro atoms. The summed E-state index contributed by atoms with van der Waals surface area (Å²) >= 11 is 5.91. The zero-order chi connectivity index (χ0) is 14.0. The average molecular weight is 284 g/mol. The Hall–Kier alpha value is -1.33. The SMILES string of the molecule is CN(C)c1cc(C(=O)NCC2(CO)CC2)cc(Cl)n1. The summed E-state index contributed by atoms with van der Waals surface area (Å²) in [4.78, 5) is 18.0. The van der Waals surface area contributed by atoms with Crippen LogP contribution in [-0.2, 0) is 0 Å². The molecule has 6 heteroatoms. The van der Waals surface area contributed by atoms with Crippen LogP contribution in [0.2, 0.25) is 5.15 Å². The van der Waals surface area contributed by atoms with E-state index < -0.39 is 0 Å². The van der Waals surface area contributed by atoms with Gasteiger partial charge >= 0.3 is 0 Å². The maximum absolute atomic E-state index is 12.1. The Kier molecular flexibility index (Phi) is 3.96. The van der Waals surface area contributed by atoms with E-state index in [0.717, 1.165) is 12.8 Å². The normalized spacial score (nSPS) is 16.0. The number of carbonyl (C=O) groups is 1. The Morgan fingerprint density at radius 1 is 1.53 bits per heavy atom. The van der Waals surface area contributed by atoms with Crippen LogP contribution < -0.4 is 10.2 Å². The van der Waals surface area contributed by atoms with Crippen molar-refractivity contribution in [3.63, 3.8) is 0 Å². The van der Waals surface area contributed by atoms with Crippen LogP contribution in [-0.4, -0.2) is 43.2 Å². The minimum absolute atomic E-state index is 0.100. The Morgan fingerprint density at radius 2 is 2.21 bits per heavy atom. The van der Waals surface area contributed by atoms with E-state index in [1.807, 2.05) is 14.1 Å². The maximum atomic E-state index is 12.1. The third-order valence-electron chi connectivity index (χ3n) is 3.42. The highest BCUT2D eigenvalue weighted by Crippen LogP contribution is 2.44. The number of nitrogens with zero attached hydrogens (tertiary/aromatic N) is 2. The summed E-state index contributed by atoms with van der Waals surface area (Å²) in [6.45, 7) is 0.618. The maximum Gasteiger partial charge on any atom is 0.251 e. The van der Waals surface area contributed by atoms with Crippen LogP contribution in [0.1, 0.15) is 23.2 Å². The molecule has 2 N–H and O–H groups in total. The number of aliphatic hydroxyl groups excluding tert-OH is 1. The van der Waals surface area contributed by atoms with Crippen molar-refractivity contribution in [2.75, 3.05) is 32.1 Å². The van der Waals surface area contributed by atoms with Crippen molar-refractivity contribution in [3.05, 3.63) is 22.8 Å². The van der Waals surface area contributed by atoms with Crippen molar-refractivity contribution in [1.29, 1.82) is 0 Å². The molecule has 1 saturated carbocycles. The molecular formula is C13H18ClN3O2. The number of aliphatic hydroxyl groups is 1. The van der Waals surface area contributed by atoms with Gasteiger partial charge in [0, 0.05) is 31.6 Å². The molecule has 1 aliphatic carbocycles. The van der Waals surface area contributed by atoms with E-state index in [-0.39, 0.29) is 17.9 Å². The molecule has 0 saturated heterocycles. The molecular weight excluding hydrogens is 266 g/mol. The largest absolute Gasteiger partial charge is 0.396 e. The fraction of sp³-hybridized carbons (Fsp3) is 0.538. The van der Waals surface area contributed by atoms with Gasteiger partial charge in [-0.15, -0.1) is 0 Å². The molecule has 1 aromatic heterocycles. The van der Waals surface area contributed by atoms with Crippen LogP contribution in [0.25, 0.3) is 0 Å². The molecule has 5 nitrogen and oxygen atoms in total. The van der Waals surface area contributed by atoms with Crippen LogP contribution in [0, 0.1) is 5.41 Å². The average Bonchev–Trinajstić information content (AvgIpc) is 3.16. The van der Waals surface area contributed by atoms with Crippen LogP contribution in [0.15, 0.2) is 12.1 Å². The van der Waals surface area contributed by atoms with Gasteiger partial charge in [-0.3, -0.25) is 4.79 Å². The lowest BCUT2D eigenvalue weighted by molar-refractivity contribution is 0.0935. The van der Waals surface area contributed by atoms with Gasteiger partial charge in [0.05, 0.1) is 6.61 Å². The summed E-state index contributed by atoms with van der Waals surface area (Å²) in [5.41, 5.74) is 0.383. The van der Waals surface area contributed by atoms with E-state index in [4.69, 9.17) is 11.6 Å². The number of hydrogen-bond acceptors (Lipinski definition) is 4. The molecule has 1 amide bonds. The zero-order valence-corrected chi connectivity index (χ0v) is 11.9. The van der Waals surface area contributed by atoms with Crippen molar-refractivity contribution in [2.45, 2.75) is 12.8 Å². The second-order valence-corrected chi connectivity index (χ2v) is 5.66. The molecule has 0 aromatic carbocycles. The van der Waals surface area contributed by atoms with Gasteiger partial charge < -0.3 is 15.3 Å². The van der Waals surface area contributed by atoms with Gasteiger partial charge in [0.2, 0.25) is 0 Å². The molecule has 0 bridgehead atoms. The smallest absolute Gasteiger partial charge is 0.251 e. The van der Waals surface area contributed by atoms with E-state index in [1.165, 1.54) is 0 Å². The molecule has 1 heterocycles. The Morgan fingerprint density at radius 3 is 2.74 bits per heavy atom.